The number of anilines is 1. The van der Waals surface area contributed by atoms with Crippen molar-refractivity contribution >= 4 is 22.4 Å². The summed E-state index contributed by atoms with van der Waals surface area (Å²) in [4.78, 5) is 12.5. The summed E-state index contributed by atoms with van der Waals surface area (Å²) in [6.45, 7) is 6.25. The molecule has 0 radical (unpaired) electrons. The molecular weight excluding hydrogens is 286 g/mol. The van der Waals surface area contributed by atoms with Gasteiger partial charge in [0.05, 0.1) is 5.69 Å². The number of amides is 1. The van der Waals surface area contributed by atoms with E-state index in [9.17, 15) is 4.79 Å². The van der Waals surface area contributed by atoms with Crippen molar-refractivity contribution in [3.05, 3.63) is 59.9 Å². The Hall–Kier alpha value is -2.62. The van der Waals surface area contributed by atoms with E-state index in [4.69, 9.17) is 0 Å². The molecule has 0 saturated carbocycles. The van der Waals surface area contributed by atoms with E-state index in [1.807, 2.05) is 42.5 Å². The average molecular weight is 307 g/mol. The van der Waals surface area contributed by atoms with Crippen LogP contribution in [0.15, 0.2) is 48.5 Å². The fraction of sp³-hybridized carbons (Fsp3) is 0.263. The Morgan fingerprint density at radius 3 is 2.39 bits per heavy atom. The Bertz CT molecular complexity index is 872. The lowest BCUT2D eigenvalue weighted by Gasteiger charge is -2.13. The zero-order chi connectivity index (χ0) is 16.6. The molecule has 3 aromatic rings. The monoisotopic (exact) mass is 307 g/mol. The van der Waals surface area contributed by atoms with Crippen LogP contribution >= 0.6 is 0 Å². The number of fused-ring (bicyclic) bond motifs is 1. The zero-order valence-corrected chi connectivity index (χ0v) is 13.9. The number of benzene rings is 2. The van der Waals surface area contributed by atoms with Crippen molar-refractivity contribution in [1.82, 2.24) is 9.78 Å². The van der Waals surface area contributed by atoms with Gasteiger partial charge in [0.25, 0.3) is 5.91 Å². The molecule has 23 heavy (non-hydrogen) atoms. The third-order valence-corrected chi connectivity index (χ3v) is 3.89. The van der Waals surface area contributed by atoms with Crippen LogP contribution in [0.1, 0.15) is 37.0 Å². The number of aryl methyl sites for hydroxylation is 1. The fourth-order valence-corrected chi connectivity index (χ4v) is 2.51. The van der Waals surface area contributed by atoms with E-state index in [-0.39, 0.29) is 11.3 Å². The van der Waals surface area contributed by atoms with Gasteiger partial charge in [0.15, 0.2) is 0 Å². The second-order valence-electron chi connectivity index (χ2n) is 6.80. The van der Waals surface area contributed by atoms with Crippen LogP contribution in [-0.4, -0.2) is 15.7 Å². The van der Waals surface area contributed by atoms with Crippen molar-refractivity contribution in [2.75, 3.05) is 5.32 Å². The Balaban J connectivity index is 1.87. The summed E-state index contributed by atoms with van der Waals surface area (Å²) < 4.78 is 1.64. The van der Waals surface area contributed by atoms with E-state index in [1.54, 1.807) is 11.7 Å². The SMILES string of the molecule is Cn1nc(C(C)(C)C)cc1C(=O)Nc1ccc2ccccc2c1. The van der Waals surface area contributed by atoms with Crippen LogP contribution in [0.5, 0.6) is 0 Å². The van der Waals surface area contributed by atoms with E-state index in [1.165, 1.54) is 0 Å². The summed E-state index contributed by atoms with van der Waals surface area (Å²) in [6.07, 6.45) is 0. The van der Waals surface area contributed by atoms with E-state index in [2.05, 4.69) is 37.3 Å². The second-order valence-corrected chi connectivity index (χ2v) is 6.80. The molecule has 1 heterocycles. The van der Waals surface area contributed by atoms with Gasteiger partial charge in [-0.2, -0.15) is 5.10 Å². The van der Waals surface area contributed by atoms with Crippen molar-refractivity contribution in [3.8, 4) is 0 Å². The standard InChI is InChI=1S/C19H21N3O/c1-19(2,3)17-12-16(22(4)21-17)18(23)20-15-10-9-13-7-5-6-8-14(13)11-15/h5-12H,1-4H3,(H,20,23). The third-order valence-electron chi connectivity index (χ3n) is 3.89. The van der Waals surface area contributed by atoms with Gasteiger partial charge in [0, 0.05) is 18.2 Å². The number of nitrogens with zero attached hydrogens (tertiary/aromatic N) is 2. The summed E-state index contributed by atoms with van der Waals surface area (Å²) in [6, 6.07) is 15.8. The molecule has 1 aromatic heterocycles. The van der Waals surface area contributed by atoms with E-state index in [0.29, 0.717) is 5.69 Å². The van der Waals surface area contributed by atoms with E-state index in [0.717, 1.165) is 22.2 Å². The number of rotatable bonds is 2. The number of hydrogen-bond acceptors (Lipinski definition) is 2. The molecule has 0 fully saturated rings. The van der Waals surface area contributed by atoms with Crippen LogP contribution in [0.4, 0.5) is 5.69 Å². The minimum atomic E-state index is -0.147. The van der Waals surface area contributed by atoms with Crippen molar-refractivity contribution < 1.29 is 4.79 Å². The highest BCUT2D eigenvalue weighted by atomic mass is 16.2. The molecule has 0 bridgehead atoms. The molecule has 4 heteroatoms. The molecule has 0 spiro atoms. The first-order chi connectivity index (χ1) is 10.8. The molecule has 0 aliphatic rings. The molecule has 3 rings (SSSR count). The number of carbonyl (C=O) groups is 1. The fourth-order valence-electron chi connectivity index (χ4n) is 2.51. The lowest BCUT2D eigenvalue weighted by atomic mass is 9.92. The van der Waals surface area contributed by atoms with Crippen molar-refractivity contribution in [1.29, 1.82) is 0 Å². The highest BCUT2D eigenvalue weighted by Crippen LogP contribution is 2.23. The van der Waals surface area contributed by atoms with Crippen molar-refractivity contribution in [3.63, 3.8) is 0 Å². The number of carbonyl (C=O) groups excluding carboxylic acids is 1. The highest BCUT2D eigenvalue weighted by Gasteiger charge is 2.21. The molecule has 0 aliphatic carbocycles. The maximum Gasteiger partial charge on any atom is 0.273 e. The van der Waals surface area contributed by atoms with Gasteiger partial charge in [-0.3, -0.25) is 9.48 Å². The molecule has 4 nitrogen and oxygen atoms in total. The second kappa shape index (κ2) is 5.54. The van der Waals surface area contributed by atoms with Gasteiger partial charge in [-0.1, -0.05) is 51.1 Å². The van der Waals surface area contributed by atoms with Crippen LogP contribution in [0.2, 0.25) is 0 Å². The lowest BCUT2D eigenvalue weighted by Crippen LogP contribution is -2.15. The number of hydrogen-bond donors (Lipinski definition) is 1. The molecule has 0 atom stereocenters. The Morgan fingerprint density at radius 1 is 1.04 bits per heavy atom. The number of aromatic nitrogens is 2. The largest absolute Gasteiger partial charge is 0.321 e. The molecule has 0 unspecified atom stereocenters. The van der Waals surface area contributed by atoms with E-state index < -0.39 is 0 Å². The third kappa shape index (κ3) is 3.11. The molecule has 118 valence electrons. The quantitative estimate of drug-likeness (QED) is 0.774. The van der Waals surface area contributed by atoms with Gasteiger partial charge in [-0.15, -0.1) is 0 Å². The van der Waals surface area contributed by atoms with Gasteiger partial charge in [-0.25, -0.2) is 0 Å². The van der Waals surface area contributed by atoms with Crippen molar-refractivity contribution in [2.45, 2.75) is 26.2 Å². The first-order valence-corrected chi connectivity index (χ1v) is 7.69. The van der Waals surface area contributed by atoms with Crippen LogP contribution < -0.4 is 5.32 Å². The van der Waals surface area contributed by atoms with Crippen LogP contribution in [0, 0.1) is 0 Å². The highest BCUT2D eigenvalue weighted by molar-refractivity contribution is 6.04. The maximum atomic E-state index is 12.5. The smallest absolute Gasteiger partial charge is 0.273 e. The van der Waals surface area contributed by atoms with Gasteiger partial charge in [0.1, 0.15) is 5.69 Å². The van der Waals surface area contributed by atoms with Gasteiger partial charge < -0.3 is 5.32 Å². The Labute approximate surface area is 136 Å². The average Bonchev–Trinajstić information content (AvgIpc) is 2.89. The Morgan fingerprint density at radius 2 is 1.74 bits per heavy atom. The molecule has 1 N–H and O–H groups in total. The minimum Gasteiger partial charge on any atom is -0.321 e. The first-order valence-electron chi connectivity index (χ1n) is 7.69. The molecule has 2 aromatic carbocycles. The summed E-state index contributed by atoms with van der Waals surface area (Å²) in [5.41, 5.74) is 2.16. The minimum absolute atomic E-state index is 0.0841. The van der Waals surface area contributed by atoms with Crippen molar-refractivity contribution in [2.24, 2.45) is 7.05 Å². The summed E-state index contributed by atoms with van der Waals surface area (Å²) in [5.74, 6) is -0.147. The summed E-state index contributed by atoms with van der Waals surface area (Å²) in [5, 5.41) is 9.66. The van der Waals surface area contributed by atoms with E-state index >= 15 is 0 Å². The van der Waals surface area contributed by atoms with Gasteiger partial charge >= 0.3 is 0 Å². The molecule has 1 amide bonds. The molecular formula is C19H21N3O. The normalized spacial score (nSPS) is 11.7. The zero-order valence-electron chi connectivity index (χ0n) is 13.9. The number of nitrogens with one attached hydrogen (secondary N) is 1. The van der Waals surface area contributed by atoms with Gasteiger partial charge in [-0.05, 0) is 29.0 Å². The topological polar surface area (TPSA) is 46.9 Å². The molecule has 0 saturated heterocycles. The lowest BCUT2D eigenvalue weighted by molar-refractivity contribution is 0.101. The summed E-state index contributed by atoms with van der Waals surface area (Å²) >= 11 is 0. The Kier molecular flexibility index (Phi) is 3.68. The maximum absolute atomic E-state index is 12.5. The van der Waals surface area contributed by atoms with Crippen LogP contribution in [0.3, 0.4) is 0 Å². The molecule has 0 aliphatic heterocycles. The summed E-state index contributed by atoms with van der Waals surface area (Å²) in [7, 11) is 1.80. The predicted octanol–water partition coefficient (Wildman–Crippen LogP) is 4.12. The predicted molar refractivity (Wildman–Crippen MR) is 93.8 cm³/mol. The van der Waals surface area contributed by atoms with Crippen LogP contribution in [-0.2, 0) is 12.5 Å². The van der Waals surface area contributed by atoms with Crippen LogP contribution in [0.25, 0.3) is 10.8 Å². The van der Waals surface area contributed by atoms with Gasteiger partial charge in [0.2, 0.25) is 0 Å². The first kappa shape index (κ1) is 15.3.